The topological polar surface area (TPSA) is 26.2 Å². The SMILES string of the molecule is CNCc1cn(COCC(F)(F)F)c2cc(Cl)ccc12. The molecule has 0 saturated carbocycles. The molecule has 0 saturated heterocycles. The fourth-order valence-electron chi connectivity index (χ4n) is 2.04. The summed E-state index contributed by atoms with van der Waals surface area (Å²) < 4.78 is 42.6. The molecule has 1 heterocycles. The number of hydrogen-bond donors (Lipinski definition) is 1. The number of alkyl halides is 3. The van der Waals surface area contributed by atoms with Crippen LogP contribution in [0.5, 0.6) is 0 Å². The van der Waals surface area contributed by atoms with Crippen molar-refractivity contribution in [3.8, 4) is 0 Å². The highest BCUT2D eigenvalue weighted by molar-refractivity contribution is 6.31. The molecule has 0 aliphatic carbocycles. The average Bonchev–Trinajstić information content (AvgIpc) is 2.66. The Kier molecular flexibility index (Phi) is 4.57. The fourth-order valence-corrected chi connectivity index (χ4v) is 2.21. The Morgan fingerprint density at radius 2 is 2.10 bits per heavy atom. The lowest BCUT2D eigenvalue weighted by atomic mass is 10.2. The molecule has 0 atom stereocenters. The van der Waals surface area contributed by atoms with Gasteiger partial charge in [-0.15, -0.1) is 0 Å². The third-order valence-electron chi connectivity index (χ3n) is 2.79. The molecule has 0 aliphatic rings. The van der Waals surface area contributed by atoms with E-state index in [1.165, 1.54) is 0 Å². The molecule has 3 nitrogen and oxygen atoms in total. The number of rotatable bonds is 5. The monoisotopic (exact) mass is 306 g/mol. The maximum atomic E-state index is 12.1. The molecule has 110 valence electrons. The van der Waals surface area contributed by atoms with E-state index >= 15 is 0 Å². The Bertz CT molecular complexity index is 595. The van der Waals surface area contributed by atoms with Crippen LogP contribution in [0, 0.1) is 0 Å². The fraction of sp³-hybridized carbons (Fsp3) is 0.385. The van der Waals surface area contributed by atoms with Gasteiger partial charge in [-0.3, -0.25) is 0 Å². The van der Waals surface area contributed by atoms with Crippen molar-refractivity contribution in [1.82, 2.24) is 9.88 Å². The molecule has 0 bridgehead atoms. The Hall–Kier alpha value is -1.24. The molecule has 0 aliphatic heterocycles. The minimum Gasteiger partial charge on any atom is -0.351 e. The highest BCUT2D eigenvalue weighted by atomic mass is 35.5. The number of ether oxygens (including phenoxy) is 1. The van der Waals surface area contributed by atoms with Gasteiger partial charge in [0.2, 0.25) is 0 Å². The molecular formula is C13H14ClF3N2O. The van der Waals surface area contributed by atoms with Crippen LogP contribution < -0.4 is 5.32 Å². The summed E-state index contributed by atoms with van der Waals surface area (Å²) in [4.78, 5) is 0. The van der Waals surface area contributed by atoms with Crippen LogP contribution >= 0.6 is 11.6 Å². The van der Waals surface area contributed by atoms with Crippen molar-refractivity contribution >= 4 is 22.5 Å². The summed E-state index contributed by atoms with van der Waals surface area (Å²) in [6, 6.07) is 5.32. The number of hydrogen-bond acceptors (Lipinski definition) is 2. The average molecular weight is 307 g/mol. The van der Waals surface area contributed by atoms with Crippen molar-refractivity contribution in [3.63, 3.8) is 0 Å². The molecule has 1 aromatic heterocycles. The van der Waals surface area contributed by atoms with Gasteiger partial charge in [0.25, 0.3) is 0 Å². The normalized spacial score (nSPS) is 12.2. The predicted molar refractivity (Wildman–Crippen MR) is 71.7 cm³/mol. The van der Waals surface area contributed by atoms with Crippen LogP contribution in [0.1, 0.15) is 5.56 Å². The zero-order valence-corrected chi connectivity index (χ0v) is 11.6. The van der Waals surface area contributed by atoms with Crippen molar-refractivity contribution in [2.45, 2.75) is 19.5 Å². The van der Waals surface area contributed by atoms with Gasteiger partial charge < -0.3 is 14.6 Å². The van der Waals surface area contributed by atoms with Crippen LogP contribution in [0.4, 0.5) is 13.2 Å². The third-order valence-corrected chi connectivity index (χ3v) is 3.03. The summed E-state index contributed by atoms with van der Waals surface area (Å²) in [7, 11) is 1.80. The highest BCUT2D eigenvalue weighted by Gasteiger charge is 2.27. The summed E-state index contributed by atoms with van der Waals surface area (Å²) >= 11 is 5.93. The molecule has 0 amide bonds. The van der Waals surface area contributed by atoms with Crippen molar-refractivity contribution < 1.29 is 17.9 Å². The predicted octanol–water partition coefficient (Wildman–Crippen LogP) is 3.55. The molecule has 0 radical (unpaired) electrons. The lowest BCUT2D eigenvalue weighted by molar-refractivity contribution is -0.181. The highest BCUT2D eigenvalue weighted by Crippen LogP contribution is 2.25. The number of fused-ring (bicyclic) bond motifs is 1. The van der Waals surface area contributed by atoms with Gasteiger partial charge in [0, 0.05) is 23.2 Å². The van der Waals surface area contributed by atoms with E-state index in [1.54, 1.807) is 29.9 Å². The quantitative estimate of drug-likeness (QED) is 0.914. The standard InChI is InChI=1S/C13H14ClF3N2O/c1-18-5-9-6-19(8-20-7-13(15,16)17)12-4-10(14)2-3-11(9)12/h2-4,6,18H,5,7-8H2,1H3. The van der Waals surface area contributed by atoms with Gasteiger partial charge in [-0.1, -0.05) is 17.7 Å². The second kappa shape index (κ2) is 6.03. The van der Waals surface area contributed by atoms with Gasteiger partial charge in [0.1, 0.15) is 13.3 Å². The maximum absolute atomic E-state index is 12.1. The van der Waals surface area contributed by atoms with Crippen LogP contribution in [-0.4, -0.2) is 24.4 Å². The summed E-state index contributed by atoms with van der Waals surface area (Å²) in [6.45, 7) is -0.820. The van der Waals surface area contributed by atoms with Gasteiger partial charge in [-0.2, -0.15) is 13.2 Å². The van der Waals surface area contributed by atoms with Crippen molar-refractivity contribution in [1.29, 1.82) is 0 Å². The lowest BCUT2D eigenvalue weighted by Gasteiger charge is -2.09. The molecule has 1 N–H and O–H groups in total. The molecule has 0 spiro atoms. The van der Waals surface area contributed by atoms with E-state index in [9.17, 15) is 13.2 Å². The largest absolute Gasteiger partial charge is 0.411 e. The molecule has 20 heavy (non-hydrogen) atoms. The summed E-state index contributed by atoms with van der Waals surface area (Å²) in [5, 5.41) is 4.49. The first kappa shape index (κ1) is 15.2. The van der Waals surface area contributed by atoms with Crippen molar-refractivity contribution in [2.75, 3.05) is 13.7 Å². The van der Waals surface area contributed by atoms with Gasteiger partial charge in [-0.25, -0.2) is 0 Å². The maximum Gasteiger partial charge on any atom is 0.411 e. The van der Waals surface area contributed by atoms with Crippen LogP contribution in [0.2, 0.25) is 5.02 Å². The van der Waals surface area contributed by atoms with E-state index in [0.717, 1.165) is 16.5 Å². The Morgan fingerprint density at radius 3 is 2.75 bits per heavy atom. The minimum atomic E-state index is -4.32. The number of benzene rings is 1. The van der Waals surface area contributed by atoms with Crippen molar-refractivity contribution in [3.05, 3.63) is 35.0 Å². The van der Waals surface area contributed by atoms with Crippen LogP contribution in [0.25, 0.3) is 10.9 Å². The number of nitrogens with zero attached hydrogens (tertiary/aromatic N) is 1. The number of nitrogens with one attached hydrogen (secondary N) is 1. The van der Waals surface area contributed by atoms with E-state index in [0.29, 0.717) is 11.6 Å². The van der Waals surface area contributed by atoms with E-state index in [2.05, 4.69) is 5.32 Å². The molecule has 0 fully saturated rings. The first-order valence-electron chi connectivity index (χ1n) is 5.97. The molecule has 2 aromatic rings. The first-order valence-corrected chi connectivity index (χ1v) is 6.35. The van der Waals surface area contributed by atoms with Gasteiger partial charge in [-0.05, 0) is 24.7 Å². The molecule has 7 heteroatoms. The third kappa shape index (κ3) is 3.65. The lowest BCUT2D eigenvalue weighted by Crippen LogP contribution is -2.18. The Balaban J connectivity index is 2.25. The summed E-state index contributed by atoms with van der Waals surface area (Å²) in [5.74, 6) is 0. The molecular weight excluding hydrogens is 293 g/mol. The Morgan fingerprint density at radius 1 is 1.35 bits per heavy atom. The second-order valence-electron chi connectivity index (χ2n) is 4.41. The number of halogens is 4. The summed E-state index contributed by atoms with van der Waals surface area (Å²) in [6.07, 6.45) is -2.55. The minimum absolute atomic E-state index is 0.167. The molecule has 2 rings (SSSR count). The molecule has 1 aromatic carbocycles. The van der Waals surface area contributed by atoms with Crippen molar-refractivity contribution in [2.24, 2.45) is 0 Å². The van der Waals surface area contributed by atoms with Gasteiger partial charge in [0.15, 0.2) is 0 Å². The zero-order chi connectivity index (χ0) is 14.8. The summed E-state index contributed by atoms with van der Waals surface area (Å²) in [5.41, 5.74) is 1.74. The van der Waals surface area contributed by atoms with Crippen LogP contribution in [-0.2, 0) is 18.0 Å². The van der Waals surface area contributed by atoms with Crippen LogP contribution in [0.3, 0.4) is 0 Å². The second-order valence-corrected chi connectivity index (χ2v) is 4.85. The van der Waals surface area contributed by atoms with Crippen LogP contribution in [0.15, 0.2) is 24.4 Å². The van der Waals surface area contributed by atoms with E-state index < -0.39 is 12.8 Å². The van der Waals surface area contributed by atoms with Gasteiger partial charge in [0.05, 0.1) is 5.52 Å². The zero-order valence-electron chi connectivity index (χ0n) is 10.8. The van der Waals surface area contributed by atoms with Gasteiger partial charge >= 0.3 is 6.18 Å². The smallest absolute Gasteiger partial charge is 0.351 e. The molecule has 0 unspecified atom stereocenters. The van der Waals surface area contributed by atoms with E-state index in [4.69, 9.17) is 16.3 Å². The van der Waals surface area contributed by atoms with E-state index in [-0.39, 0.29) is 6.73 Å². The number of aromatic nitrogens is 1. The van der Waals surface area contributed by atoms with E-state index in [1.807, 2.05) is 6.07 Å². The first-order chi connectivity index (χ1) is 9.40. The Labute approximate surface area is 119 Å².